The van der Waals surface area contributed by atoms with Gasteiger partial charge in [-0.3, -0.25) is 4.79 Å². The van der Waals surface area contributed by atoms with Gasteiger partial charge in [0.1, 0.15) is 0 Å². The molecule has 1 aliphatic heterocycles. The number of ether oxygens (including phenoxy) is 2. The van der Waals surface area contributed by atoms with Gasteiger partial charge in [0.2, 0.25) is 0 Å². The van der Waals surface area contributed by atoms with E-state index in [0.717, 1.165) is 63.1 Å². The van der Waals surface area contributed by atoms with E-state index in [4.69, 9.17) is 14.6 Å². The minimum absolute atomic E-state index is 0.0593. The molecule has 0 aromatic rings. The Bertz CT molecular complexity index is 348. The van der Waals surface area contributed by atoms with Gasteiger partial charge in [0.05, 0.1) is 19.1 Å². The van der Waals surface area contributed by atoms with Crippen molar-refractivity contribution in [1.29, 1.82) is 0 Å². The van der Waals surface area contributed by atoms with E-state index in [-0.39, 0.29) is 12.2 Å². The Hall–Kier alpha value is -0.610. The first kappa shape index (κ1) is 16.3. The summed E-state index contributed by atoms with van der Waals surface area (Å²) >= 11 is 0. The molecule has 2 aliphatic carbocycles. The van der Waals surface area contributed by atoms with Crippen LogP contribution >= 0.6 is 0 Å². The lowest BCUT2D eigenvalue weighted by Gasteiger charge is -2.37. The Morgan fingerprint density at radius 1 is 0.818 bits per heavy atom. The third kappa shape index (κ3) is 4.23. The second kappa shape index (κ2) is 7.78. The quantitative estimate of drug-likeness (QED) is 0.838. The van der Waals surface area contributed by atoms with Crippen molar-refractivity contribution < 1.29 is 19.4 Å². The minimum atomic E-state index is -0.585. The number of rotatable bonds is 5. The smallest absolute Gasteiger partial charge is 0.306 e. The lowest BCUT2D eigenvalue weighted by Crippen LogP contribution is -2.28. The fraction of sp³-hybridized carbons (Fsp3) is 0.944. The van der Waals surface area contributed by atoms with E-state index in [1.54, 1.807) is 0 Å². The standard InChI is InChI=1S/C18H30O4/c19-18(20)16-8-6-15(7-9-16)14-4-1-13(2-5-14)3-10-17-21-11-12-22-17/h13-17H,1-12H2,(H,19,20)/t13-,14-,15-,16-. The highest BCUT2D eigenvalue weighted by Gasteiger charge is 2.33. The topological polar surface area (TPSA) is 55.8 Å². The van der Waals surface area contributed by atoms with Crippen molar-refractivity contribution in [1.82, 2.24) is 0 Å². The summed E-state index contributed by atoms with van der Waals surface area (Å²) in [6.45, 7) is 1.52. The van der Waals surface area contributed by atoms with Crippen molar-refractivity contribution in [2.24, 2.45) is 23.7 Å². The molecule has 0 radical (unpaired) electrons. The molecule has 4 nitrogen and oxygen atoms in total. The van der Waals surface area contributed by atoms with Gasteiger partial charge in [0.25, 0.3) is 0 Å². The molecule has 0 unspecified atom stereocenters. The average molecular weight is 310 g/mol. The molecule has 0 bridgehead atoms. The van der Waals surface area contributed by atoms with Crippen LogP contribution in [0.5, 0.6) is 0 Å². The van der Waals surface area contributed by atoms with Gasteiger partial charge in [0, 0.05) is 0 Å². The van der Waals surface area contributed by atoms with Crippen LogP contribution in [-0.4, -0.2) is 30.6 Å². The van der Waals surface area contributed by atoms with Gasteiger partial charge in [-0.1, -0.05) is 12.8 Å². The molecule has 1 saturated heterocycles. The monoisotopic (exact) mass is 310 g/mol. The number of carbonyl (C=O) groups is 1. The summed E-state index contributed by atoms with van der Waals surface area (Å²) < 4.78 is 11.0. The van der Waals surface area contributed by atoms with Gasteiger partial charge in [-0.05, 0) is 69.1 Å². The van der Waals surface area contributed by atoms with Crippen molar-refractivity contribution >= 4 is 5.97 Å². The van der Waals surface area contributed by atoms with Crippen LogP contribution < -0.4 is 0 Å². The van der Waals surface area contributed by atoms with Crippen LogP contribution in [0.1, 0.15) is 64.2 Å². The SMILES string of the molecule is O=C(O)[C@H]1CC[C@H]([C@H]2CC[C@H](CCC3OCCO3)CC2)CC1. The summed E-state index contributed by atoms with van der Waals surface area (Å²) in [6.07, 6.45) is 11.8. The summed E-state index contributed by atoms with van der Waals surface area (Å²) in [7, 11) is 0. The van der Waals surface area contributed by atoms with E-state index in [1.165, 1.54) is 32.1 Å². The lowest BCUT2D eigenvalue weighted by atomic mass is 9.69. The Kier molecular flexibility index (Phi) is 5.75. The van der Waals surface area contributed by atoms with Gasteiger partial charge < -0.3 is 14.6 Å². The fourth-order valence-electron chi connectivity index (χ4n) is 4.73. The van der Waals surface area contributed by atoms with E-state index < -0.39 is 5.97 Å². The number of carboxylic acid groups (broad SMARTS) is 1. The number of hydrogen-bond acceptors (Lipinski definition) is 3. The Labute approximate surface area is 133 Å². The molecule has 22 heavy (non-hydrogen) atoms. The first-order valence-electron chi connectivity index (χ1n) is 9.18. The van der Waals surface area contributed by atoms with E-state index in [0.29, 0.717) is 0 Å². The summed E-state index contributed by atoms with van der Waals surface area (Å²) in [5.41, 5.74) is 0. The highest BCUT2D eigenvalue weighted by molar-refractivity contribution is 5.69. The largest absolute Gasteiger partial charge is 0.481 e. The Morgan fingerprint density at radius 2 is 1.36 bits per heavy atom. The van der Waals surface area contributed by atoms with Crippen LogP contribution in [0, 0.1) is 23.7 Å². The normalized spacial score (nSPS) is 37.3. The zero-order valence-electron chi connectivity index (χ0n) is 13.5. The van der Waals surface area contributed by atoms with Crippen LogP contribution in [0.3, 0.4) is 0 Å². The van der Waals surface area contributed by atoms with Crippen molar-refractivity contribution in [3.8, 4) is 0 Å². The highest BCUT2D eigenvalue weighted by atomic mass is 16.7. The molecule has 3 rings (SSSR count). The first-order chi connectivity index (χ1) is 10.7. The Morgan fingerprint density at radius 3 is 1.91 bits per heavy atom. The minimum Gasteiger partial charge on any atom is -0.481 e. The first-order valence-corrected chi connectivity index (χ1v) is 9.18. The van der Waals surface area contributed by atoms with Crippen LogP contribution in [0.25, 0.3) is 0 Å². The second-order valence-electron chi connectivity index (χ2n) is 7.48. The molecule has 0 spiro atoms. The molecular weight excluding hydrogens is 280 g/mol. The maximum absolute atomic E-state index is 11.0. The van der Waals surface area contributed by atoms with E-state index in [9.17, 15) is 4.79 Å². The Balaban J connectivity index is 1.34. The van der Waals surface area contributed by atoms with Crippen molar-refractivity contribution in [2.45, 2.75) is 70.5 Å². The zero-order valence-corrected chi connectivity index (χ0v) is 13.5. The number of hydrogen-bond donors (Lipinski definition) is 1. The summed E-state index contributed by atoms with van der Waals surface area (Å²) in [6, 6.07) is 0. The molecule has 0 atom stereocenters. The summed E-state index contributed by atoms with van der Waals surface area (Å²) in [5.74, 6) is 1.83. The second-order valence-corrected chi connectivity index (χ2v) is 7.48. The average Bonchev–Trinajstić information content (AvgIpc) is 3.07. The third-order valence-corrected chi connectivity index (χ3v) is 6.18. The lowest BCUT2D eigenvalue weighted by molar-refractivity contribution is -0.143. The molecule has 0 aromatic heterocycles. The van der Waals surface area contributed by atoms with Gasteiger partial charge >= 0.3 is 5.97 Å². The van der Waals surface area contributed by atoms with Gasteiger partial charge in [-0.15, -0.1) is 0 Å². The zero-order chi connectivity index (χ0) is 15.4. The maximum Gasteiger partial charge on any atom is 0.306 e. The molecule has 2 saturated carbocycles. The third-order valence-electron chi connectivity index (χ3n) is 6.18. The molecule has 1 heterocycles. The molecule has 4 heteroatoms. The van der Waals surface area contributed by atoms with Crippen LogP contribution in [-0.2, 0) is 14.3 Å². The van der Waals surface area contributed by atoms with Gasteiger partial charge in [0.15, 0.2) is 6.29 Å². The van der Waals surface area contributed by atoms with Crippen molar-refractivity contribution in [2.75, 3.05) is 13.2 Å². The van der Waals surface area contributed by atoms with Crippen LogP contribution in [0.15, 0.2) is 0 Å². The van der Waals surface area contributed by atoms with E-state index >= 15 is 0 Å². The van der Waals surface area contributed by atoms with Gasteiger partial charge in [-0.25, -0.2) is 0 Å². The maximum atomic E-state index is 11.0. The molecule has 3 aliphatic rings. The van der Waals surface area contributed by atoms with Crippen LogP contribution in [0.4, 0.5) is 0 Å². The molecule has 0 amide bonds. The molecule has 1 N–H and O–H groups in total. The van der Waals surface area contributed by atoms with Crippen molar-refractivity contribution in [3.63, 3.8) is 0 Å². The predicted octanol–water partition coefficient (Wildman–Crippen LogP) is 3.84. The summed E-state index contributed by atoms with van der Waals surface area (Å²) in [4.78, 5) is 11.0. The molecule has 126 valence electrons. The molecular formula is C18H30O4. The molecule has 0 aromatic carbocycles. The number of carboxylic acids is 1. The van der Waals surface area contributed by atoms with Gasteiger partial charge in [-0.2, -0.15) is 0 Å². The highest BCUT2D eigenvalue weighted by Crippen LogP contribution is 2.42. The van der Waals surface area contributed by atoms with E-state index in [2.05, 4.69) is 0 Å². The van der Waals surface area contributed by atoms with E-state index in [1.807, 2.05) is 0 Å². The van der Waals surface area contributed by atoms with Crippen molar-refractivity contribution in [3.05, 3.63) is 0 Å². The predicted molar refractivity (Wildman–Crippen MR) is 83.5 cm³/mol. The summed E-state index contributed by atoms with van der Waals surface area (Å²) in [5, 5.41) is 9.10. The van der Waals surface area contributed by atoms with Crippen LogP contribution in [0.2, 0.25) is 0 Å². The molecule has 3 fully saturated rings. The number of aliphatic carboxylic acids is 1. The fourth-order valence-corrected chi connectivity index (χ4v) is 4.73.